The van der Waals surface area contributed by atoms with Crippen LogP contribution in [0.1, 0.15) is 49.0 Å². The summed E-state index contributed by atoms with van der Waals surface area (Å²) in [4.78, 5) is 4.54. The predicted molar refractivity (Wildman–Crippen MR) is 97.9 cm³/mol. The van der Waals surface area contributed by atoms with E-state index in [9.17, 15) is 0 Å². The van der Waals surface area contributed by atoms with Crippen molar-refractivity contribution in [1.29, 1.82) is 0 Å². The molecule has 2 aliphatic rings. The molecule has 25 heavy (non-hydrogen) atoms. The van der Waals surface area contributed by atoms with E-state index in [0.29, 0.717) is 12.5 Å². The molecule has 2 aromatic rings. The first-order chi connectivity index (χ1) is 12.4. The Labute approximate surface area is 149 Å². The fraction of sp³-hybridized carbons (Fsp3) is 0.476. The van der Waals surface area contributed by atoms with Crippen molar-refractivity contribution in [3.05, 3.63) is 59.9 Å². The fourth-order valence-corrected chi connectivity index (χ4v) is 3.95. The summed E-state index contributed by atoms with van der Waals surface area (Å²) in [6.45, 7) is 2.39. The molecular weight excluding hydrogens is 312 g/mol. The van der Waals surface area contributed by atoms with Crippen molar-refractivity contribution >= 4 is 0 Å². The SMILES string of the molecule is c1ccc([C@H](Oc2ccccc2C2CCCC2)[C@@H]2CNCCO2)nc1. The van der Waals surface area contributed by atoms with Gasteiger partial charge in [-0.05, 0) is 42.5 Å². The van der Waals surface area contributed by atoms with Gasteiger partial charge in [0.15, 0.2) is 6.10 Å². The van der Waals surface area contributed by atoms with Crippen LogP contribution in [0, 0.1) is 0 Å². The minimum absolute atomic E-state index is 0.0275. The average Bonchev–Trinajstić information content (AvgIpc) is 3.22. The Morgan fingerprint density at radius 2 is 1.92 bits per heavy atom. The molecule has 4 nitrogen and oxygen atoms in total. The summed E-state index contributed by atoms with van der Waals surface area (Å²) < 4.78 is 12.6. The lowest BCUT2D eigenvalue weighted by Gasteiger charge is -2.32. The van der Waals surface area contributed by atoms with Crippen LogP contribution in [0.2, 0.25) is 0 Å². The zero-order valence-corrected chi connectivity index (χ0v) is 14.6. The molecule has 1 saturated carbocycles. The number of pyridine rings is 1. The van der Waals surface area contributed by atoms with Crippen molar-refractivity contribution < 1.29 is 9.47 Å². The van der Waals surface area contributed by atoms with E-state index in [1.165, 1.54) is 31.2 Å². The molecule has 2 atom stereocenters. The summed E-state index contributed by atoms with van der Waals surface area (Å²) in [5, 5.41) is 3.41. The zero-order valence-electron chi connectivity index (χ0n) is 14.6. The van der Waals surface area contributed by atoms with Crippen LogP contribution in [0.15, 0.2) is 48.7 Å². The molecule has 132 valence electrons. The van der Waals surface area contributed by atoms with E-state index in [4.69, 9.17) is 9.47 Å². The van der Waals surface area contributed by atoms with Gasteiger partial charge in [0, 0.05) is 19.3 Å². The number of para-hydroxylation sites is 1. The normalized spacial score (nSPS) is 22.6. The number of ether oxygens (including phenoxy) is 2. The summed E-state index contributed by atoms with van der Waals surface area (Å²) in [5.74, 6) is 1.60. The number of hydrogen-bond donors (Lipinski definition) is 1. The highest BCUT2D eigenvalue weighted by Gasteiger charge is 2.30. The number of nitrogens with zero attached hydrogens (tertiary/aromatic N) is 1. The number of nitrogens with one attached hydrogen (secondary N) is 1. The van der Waals surface area contributed by atoms with Crippen LogP contribution < -0.4 is 10.1 Å². The van der Waals surface area contributed by atoms with E-state index >= 15 is 0 Å². The van der Waals surface area contributed by atoms with Crippen LogP contribution >= 0.6 is 0 Å². The van der Waals surface area contributed by atoms with Gasteiger partial charge in [0.25, 0.3) is 0 Å². The van der Waals surface area contributed by atoms with Gasteiger partial charge in [-0.25, -0.2) is 0 Å². The second kappa shape index (κ2) is 7.98. The lowest BCUT2D eigenvalue weighted by molar-refractivity contribution is -0.0450. The first-order valence-electron chi connectivity index (χ1n) is 9.40. The van der Waals surface area contributed by atoms with Crippen molar-refractivity contribution in [3.63, 3.8) is 0 Å². The van der Waals surface area contributed by atoms with Crippen LogP contribution in [0.3, 0.4) is 0 Å². The lowest BCUT2D eigenvalue weighted by atomic mass is 9.96. The quantitative estimate of drug-likeness (QED) is 0.899. The highest BCUT2D eigenvalue weighted by molar-refractivity contribution is 5.37. The Hall–Kier alpha value is -1.91. The Bertz CT molecular complexity index is 665. The zero-order chi connectivity index (χ0) is 16.9. The van der Waals surface area contributed by atoms with Crippen LogP contribution in [0.25, 0.3) is 0 Å². The molecule has 0 unspecified atom stereocenters. The maximum atomic E-state index is 6.56. The van der Waals surface area contributed by atoms with E-state index in [0.717, 1.165) is 24.5 Å². The summed E-state index contributed by atoms with van der Waals surface area (Å²) in [6, 6.07) is 14.5. The first kappa shape index (κ1) is 16.6. The first-order valence-corrected chi connectivity index (χ1v) is 9.40. The molecule has 1 N–H and O–H groups in total. The van der Waals surface area contributed by atoms with Crippen LogP contribution in [0.5, 0.6) is 5.75 Å². The standard InChI is InChI=1S/C21H26N2O2/c1-2-8-16(7-1)17-9-3-4-11-19(17)25-21(18-10-5-6-12-23-18)20-15-22-13-14-24-20/h3-6,9-12,16,20-22H,1-2,7-8,13-15H2/t20-,21-/m0/s1. The molecule has 0 radical (unpaired) electrons. The van der Waals surface area contributed by atoms with Gasteiger partial charge in [0.05, 0.1) is 12.3 Å². The van der Waals surface area contributed by atoms with E-state index < -0.39 is 0 Å². The van der Waals surface area contributed by atoms with Gasteiger partial charge in [0.2, 0.25) is 0 Å². The molecular formula is C21H26N2O2. The number of aromatic nitrogens is 1. The average molecular weight is 338 g/mol. The molecule has 1 aromatic heterocycles. The summed E-state index contributed by atoms with van der Waals surface area (Å²) >= 11 is 0. The lowest BCUT2D eigenvalue weighted by Crippen LogP contribution is -2.43. The Balaban J connectivity index is 1.62. The third-order valence-corrected chi connectivity index (χ3v) is 5.24. The number of morpholine rings is 1. The summed E-state index contributed by atoms with van der Waals surface area (Å²) in [5.41, 5.74) is 2.27. The molecule has 1 aliphatic heterocycles. The van der Waals surface area contributed by atoms with Crippen LogP contribution in [0.4, 0.5) is 0 Å². The van der Waals surface area contributed by atoms with Crippen molar-refractivity contribution in [3.8, 4) is 5.75 Å². The highest BCUT2D eigenvalue weighted by atomic mass is 16.5. The van der Waals surface area contributed by atoms with Crippen molar-refractivity contribution in [1.82, 2.24) is 10.3 Å². The van der Waals surface area contributed by atoms with E-state index in [1.807, 2.05) is 24.4 Å². The van der Waals surface area contributed by atoms with E-state index in [-0.39, 0.29) is 12.2 Å². The molecule has 4 heteroatoms. The monoisotopic (exact) mass is 338 g/mol. The summed E-state index contributed by atoms with van der Waals surface area (Å²) in [6.07, 6.45) is 6.75. The Kier molecular flexibility index (Phi) is 5.28. The number of hydrogen-bond acceptors (Lipinski definition) is 4. The second-order valence-corrected chi connectivity index (χ2v) is 6.93. The van der Waals surface area contributed by atoms with Gasteiger partial charge in [-0.3, -0.25) is 4.98 Å². The molecule has 0 amide bonds. The van der Waals surface area contributed by atoms with Crippen molar-refractivity contribution in [2.24, 2.45) is 0 Å². The number of benzene rings is 1. The molecule has 0 bridgehead atoms. The van der Waals surface area contributed by atoms with Crippen LogP contribution in [-0.2, 0) is 4.74 Å². The molecule has 1 aromatic carbocycles. The molecule has 2 heterocycles. The van der Waals surface area contributed by atoms with Gasteiger partial charge < -0.3 is 14.8 Å². The van der Waals surface area contributed by atoms with Crippen molar-refractivity contribution in [2.75, 3.05) is 19.7 Å². The molecule has 2 fully saturated rings. The molecule has 1 saturated heterocycles. The highest BCUT2D eigenvalue weighted by Crippen LogP contribution is 2.40. The van der Waals surface area contributed by atoms with E-state index in [1.54, 1.807) is 0 Å². The van der Waals surface area contributed by atoms with E-state index in [2.05, 4.69) is 34.6 Å². The van der Waals surface area contributed by atoms with Gasteiger partial charge in [0.1, 0.15) is 11.9 Å². The van der Waals surface area contributed by atoms with Gasteiger partial charge in [-0.15, -0.1) is 0 Å². The van der Waals surface area contributed by atoms with Crippen LogP contribution in [-0.4, -0.2) is 30.8 Å². The fourth-order valence-electron chi connectivity index (χ4n) is 3.95. The Morgan fingerprint density at radius 1 is 1.08 bits per heavy atom. The Morgan fingerprint density at radius 3 is 2.68 bits per heavy atom. The second-order valence-electron chi connectivity index (χ2n) is 6.93. The summed E-state index contributed by atoms with van der Waals surface area (Å²) in [7, 11) is 0. The minimum atomic E-state index is -0.198. The predicted octanol–water partition coefficient (Wildman–Crippen LogP) is 3.85. The topological polar surface area (TPSA) is 43.4 Å². The van der Waals surface area contributed by atoms with Gasteiger partial charge in [-0.1, -0.05) is 37.1 Å². The van der Waals surface area contributed by atoms with Crippen molar-refractivity contribution in [2.45, 2.75) is 43.8 Å². The number of rotatable bonds is 5. The van der Waals surface area contributed by atoms with Gasteiger partial charge in [-0.2, -0.15) is 0 Å². The smallest absolute Gasteiger partial charge is 0.168 e. The molecule has 0 spiro atoms. The molecule has 4 rings (SSSR count). The maximum absolute atomic E-state index is 6.56. The molecule has 1 aliphatic carbocycles. The minimum Gasteiger partial charge on any atom is -0.481 e. The third-order valence-electron chi connectivity index (χ3n) is 5.24. The third kappa shape index (κ3) is 3.86. The maximum Gasteiger partial charge on any atom is 0.168 e. The largest absolute Gasteiger partial charge is 0.481 e. The van der Waals surface area contributed by atoms with Gasteiger partial charge >= 0.3 is 0 Å².